The summed E-state index contributed by atoms with van der Waals surface area (Å²) in [6.07, 6.45) is 0.636. The van der Waals surface area contributed by atoms with Crippen molar-refractivity contribution in [1.82, 2.24) is 15.1 Å². The van der Waals surface area contributed by atoms with Gasteiger partial charge in [-0.15, -0.1) is 0 Å². The van der Waals surface area contributed by atoms with Crippen molar-refractivity contribution in [3.63, 3.8) is 0 Å². The van der Waals surface area contributed by atoms with Crippen molar-refractivity contribution >= 4 is 12.0 Å². The molecule has 2 aliphatic rings. The second-order valence-corrected chi connectivity index (χ2v) is 5.85. The predicted molar refractivity (Wildman–Crippen MR) is 77.2 cm³/mol. The number of ether oxygens (including phenoxy) is 1. The third kappa shape index (κ3) is 3.47. The minimum Gasteiger partial charge on any atom is -0.480 e. The zero-order valence-corrected chi connectivity index (χ0v) is 12.8. The second-order valence-electron chi connectivity index (χ2n) is 5.85. The highest BCUT2D eigenvalue weighted by atomic mass is 16.5. The van der Waals surface area contributed by atoms with Gasteiger partial charge in [0.1, 0.15) is 5.54 Å². The molecule has 1 atom stereocenters. The van der Waals surface area contributed by atoms with Crippen molar-refractivity contribution in [3.8, 4) is 0 Å². The van der Waals surface area contributed by atoms with E-state index in [4.69, 9.17) is 4.74 Å². The van der Waals surface area contributed by atoms with Crippen molar-refractivity contribution in [2.45, 2.75) is 38.3 Å². The fourth-order valence-electron chi connectivity index (χ4n) is 3.05. The molecule has 2 amide bonds. The van der Waals surface area contributed by atoms with Gasteiger partial charge in [0.15, 0.2) is 0 Å². The maximum absolute atomic E-state index is 12.4. The van der Waals surface area contributed by atoms with Gasteiger partial charge in [-0.2, -0.15) is 0 Å². The number of carboxylic acid groups (broad SMARTS) is 1. The molecule has 1 unspecified atom stereocenters. The topological polar surface area (TPSA) is 82.1 Å². The van der Waals surface area contributed by atoms with Crippen LogP contribution in [0.4, 0.5) is 4.79 Å². The van der Waals surface area contributed by atoms with Gasteiger partial charge in [-0.3, -0.25) is 4.90 Å². The fourth-order valence-corrected chi connectivity index (χ4v) is 3.05. The zero-order chi connectivity index (χ0) is 15.5. The lowest BCUT2D eigenvalue weighted by Gasteiger charge is -2.41. The van der Waals surface area contributed by atoms with Crippen molar-refractivity contribution in [2.75, 3.05) is 39.4 Å². The van der Waals surface area contributed by atoms with E-state index >= 15 is 0 Å². The molecule has 0 spiro atoms. The van der Waals surface area contributed by atoms with Gasteiger partial charge in [-0.25, -0.2) is 9.59 Å². The molecule has 7 heteroatoms. The molecule has 0 bridgehead atoms. The van der Waals surface area contributed by atoms with Crippen LogP contribution in [0.2, 0.25) is 0 Å². The first kappa shape index (κ1) is 16.0. The Bertz CT molecular complexity index is 396. The average Bonchev–Trinajstić information content (AvgIpc) is 2.47. The Morgan fingerprint density at radius 3 is 2.52 bits per heavy atom. The van der Waals surface area contributed by atoms with Gasteiger partial charge in [0, 0.05) is 51.7 Å². The maximum Gasteiger partial charge on any atom is 0.329 e. The quantitative estimate of drug-likeness (QED) is 0.786. The van der Waals surface area contributed by atoms with E-state index in [1.165, 1.54) is 0 Å². The number of amides is 2. The van der Waals surface area contributed by atoms with Gasteiger partial charge in [0.2, 0.25) is 0 Å². The first-order chi connectivity index (χ1) is 9.98. The molecule has 0 aromatic heterocycles. The summed E-state index contributed by atoms with van der Waals surface area (Å²) in [5.74, 6) is -0.973. The lowest BCUT2D eigenvalue weighted by molar-refractivity contribution is -0.148. The molecule has 2 saturated heterocycles. The molecular formula is C14H25N3O4. The SMILES string of the molecule is CCN1CCN(C(=O)NC2(C(=O)O)CCOCC2)CC1C. The second kappa shape index (κ2) is 6.62. The summed E-state index contributed by atoms with van der Waals surface area (Å²) in [6.45, 7) is 7.99. The van der Waals surface area contributed by atoms with Crippen molar-refractivity contribution in [2.24, 2.45) is 0 Å². The Kier molecular flexibility index (Phi) is 5.05. The first-order valence-electron chi connectivity index (χ1n) is 7.61. The monoisotopic (exact) mass is 299 g/mol. The highest BCUT2D eigenvalue weighted by molar-refractivity contribution is 5.86. The minimum atomic E-state index is -1.18. The Morgan fingerprint density at radius 2 is 2.00 bits per heavy atom. The van der Waals surface area contributed by atoms with Crippen LogP contribution < -0.4 is 5.32 Å². The molecule has 2 rings (SSSR count). The summed E-state index contributed by atoms with van der Waals surface area (Å²) in [6, 6.07) is 0.0203. The van der Waals surface area contributed by atoms with Crippen LogP contribution in [0.25, 0.3) is 0 Å². The number of urea groups is 1. The number of carbonyl (C=O) groups excluding carboxylic acids is 1. The van der Waals surface area contributed by atoms with Crippen LogP contribution in [-0.2, 0) is 9.53 Å². The van der Waals surface area contributed by atoms with Crippen molar-refractivity contribution < 1.29 is 19.4 Å². The minimum absolute atomic E-state index is 0.276. The largest absolute Gasteiger partial charge is 0.480 e. The lowest BCUT2D eigenvalue weighted by Crippen LogP contribution is -2.63. The van der Waals surface area contributed by atoms with Crippen LogP contribution in [0.15, 0.2) is 0 Å². The Balaban J connectivity index is 1.98. The predicted octanol–water partition coefficient (Wildman–Crippen LogP) is 0.356. The lowest BCUT2D eigenvalue weighted by atomic mass is 9.90. The number of hydrogen-bond acceptors (Lipinski definition) is 4. The summed E-state index contributed by atoms with van der Waals surface area (Å²) in [7, 11) is 0. The van der Waals surface area contributed by atoms with E-state index in [0.29, 0.717) is 45.2 Å². The molecule has 2 N–H and O–H groups in total. The van der Waals surface area contributed by atoms with Crippen LogP contribution >= 0.6 is 0 Å². The van der Waals surface area contributed by atoms with E-state index in [0.717, 1.165) is 13.1 Å². The number of likely N-dealkylation sites (N-methyl/N-ethyl adjacent to an activating group) is 1. The molecule has 2 aliphatic heterocycles. The summed E-state index contributed by atoms with van der Waals surface area (Å²) in [5.41, 5.74) is -1.18. The third-order valence-corrected chi connectivity index (χ3v) is 4.56. The van der Waals surface area contributed by atoms with E-state index in [1.54, 1.807) is 4.90 Å². The number of hydrogen-bond donors (Lipinski definition) is 2. The highest BCUT2D eigenvalue weighted by Gasteiger charge is 2.42. The first-order valence-corrected chi connectivity index (χ1v) is 7.61. The van der Waals surface area contributed by atoms with E-state index in [9.17, 15) is 14.7 Å². The van der Waals surface area contributed by atoms with Gasteiger partial charge in [-0.1, -0.05) is 6.92 Å². The fraction of sp³-hybridized carbons (Fsp3) is 0.857. The molecule has 21 heavy (non-hydrogen) atoms. The Labute approximate surface area is 125 Å². The number of carbonyl (C=O) groups is 2. The van der Waals surface area contributed by atoms with Gasteiger partial charge < -0.3 is 20.1 Å². The van der Waals surface area contributed by atoms with Gasteiger partial charge in [0.25, 0.3) is 0 Å². The van der Waals surface area contributed by atoms with Gasteiger partial charge in [-0.05, 0) is 13.5 Å². The molecule has 0 saturated carbocycles. The number of carboxylic acids is 1. The summed E-state index contributed by atoms with van der Waals surface area (Å²) in [4.78, 5) is 28.0. The normalized spacial score (nSPS) is 26.4. The number of nitrogens with one attached hydrogen (secondary N) is 1. The van der Waals surface area contributed by atoms with Crippen LogP contribution in [0.3, 0.4) is 0 Å². The molecule has 120 valence electrons. The van der Waals surface area contributed by atoms with Crippen molar-refractivity contribution in [1.29, 1.82) is 0 Å². The molecule has 0 aromatic carbocycles. The van der Waals surface area contributed by atoms with Crippen LogP contribution in [-0.4, -0.2) is 77.9 Å². The highest BCUT2D eigenvalue weighted by Crippen LogP contribution is 2.22. The number of aliphatic carboxylic acids is 1. The number of nitrogens with zero attached hydrogens (tertiary/aromatic N) is 2. The zero-order valence-electron chi connectivity index (χ0n) is 12.8. The van der Waals surface area contributed by atoms with E-state index < -0.39 is 11.5 Å². The molecular weight excluding hydrogens is 274 g/mol. The number of rotatable bonds is 3. The van der Waals surface area contributed by atoms with Crippen molar-refractivity contribution in [3.05, 3.63) is 0 Å². The van der Waals surface area contributed by atoms with Gasteiger partial charge in [0.05, 0.1) is 0 Å². The molecule has 7 nitrogen and oxygen atoms in total. The van der Waals surface area contributed by atoms with E-state index in [2.05, 4.69) is 24.1 Å². The molecule has 0 aliphatic carbocycles. The average molecular weight is 299 g/mol. The standard InChI is InChI=1S/C14H25N3O4/c1-3-16-6-7-17(10-11(16)2)13(20)15-14(12(18)19)4-8-21-9-5-14/h11H,3-10H2,1-2H3,(H,15,20)(H,18,19). The Morgan fingerprint density at radius 1 is 1.33 bits per heavy atom. The van der Waals surface area contributed by atoms with Crippen LogP contribution in [0, 0.1) is 0 Å². The van der Waals surface area contributed by atoms with E-state index in [1.807, 2.05) is 0 Å². The van der Waals surface area contributed by atoms with Crippen LogP contribution in [0.1, 0.15) is 26.7 Å². The molecule has 0 radical (unpaired) electrons. The number of piperazine rings is 1. The maximum atomic E-state index is 12.4. The van der Waals surface area contributed by atoms with E-state index in [-0.39, 0.29) is 6.03 Å². The summed E-state index contributed by atoms with van der Waals surface area (Å²) in [5, 5.41) is 12.2. The summed E-state index contributed by atoms with van der Waals surface area (Å²) >= 11 is 0. The van der Waals surface area contributed by atoms with Crippen LogP contribution in [0.5, 0.6) is 0 Å². The van der Waals surface area contributed by atoms with Gasteiger partial charge >= 0.3 is 12.0 Å². The summed E-state index contributed by atoms with van der Waals surface area (Å²) < 4.78 is 5.21. The molecule has 2 heterocycles. The third-order valence-electron chi connectivity index (χ3n) is 4.56. The smallest absolute Gasteiger partial charge is 0.329 e. The molecule has 0 aromatic rings. The Hall–Kier alpha value is -1.34. The molecule has 2 fully saturated rings.